The summed E-state index contributed by atoms with van der Waals surface area (Å²) in [6.07, 6.45) is -0.541. The van der Waals surface area contributed by atoms with E-state index in [0.717, 1.165) is 5.56 Å². The first-order valence-corrected chi connectivity index (χ1v) is 5.94. The highest BCUT2D eigenvalue weighted by Gasteiger charge is 2.12. The molecule has 0 aliphatic carbocycles. The Bertz CT molecular complexity index is 443. The number of urea groups is 1. The lowest BCUT2D eigenvalue weighted by Crippen LogP contribution is -2.39. The molecular formula is C13H19N3O3. The Labute approximate surface area is 112 Å². The maximum absolute atomic E-state index is 11.8. The summed E-state index contributed by atoms with van der Waals surface area (Å²) in [6, 6.07) is 6.51. The van der Waals surface area contributed by atoms with Crippen molar-refractivity contribution in [2.75, 3.05) is 26.0 Å². The van der Waals surface area contributed by atoms with E-state index < -0.39 is 6.10 Å². The fourth-order valence-electron chi connectivity index (χ4n) is 1.43. The SMILES string of the molecule is CNC(=O)CN(C)C(=O)Nc1ccc(C(C)O)cc1. The van der Waals surface area contributed by atoms with Gasteiger partial charge in [-0.3, -0.25) is 4.79 Å². The molecule has 0 saturated carbocycles. The number of carbonyl (C=O) groups is 2. The molecule has 3 amide bonds. The summed E-state index contributed by atoms with van der Waals surface area (Å²) in [7, 11) is 3.05. The van der Waals surface area contributed by atoms with E-state index in [1.807, 2.05) is 0 Å². The zero-order chi connectivity index (χ0) is 14.4. The maximum atomic E-state index is 11.8. The number of hydrogen-bond acceptors (Lipinski definition) is 3. The van der Waals surface area contributed by atoms with E-state index in [0.29, 0.717) is 5.69 Å². The average Bonchev–Trinajstić information content (AvgIpc) is 2.38. The molecule has 0 aromatic heterocycles. The van der Waals surface area contributed by atoms with Gasteiger partial charge in [0.25, 0.3) is 0 Å². The number of amides is 3. The fourth-order valence-corrected chi connectivity index (χ4v) is 1.43. The van der Waals surface area contributed by atoms with Crippen molar-refractivity contribution >= 4 is 17.6 Å². The van der Waals surface area contributed by atoms with E-state index >= 15 is 0 Å². The third-order valence-corrected chi connectivity index (χ3v) is 2.65. The number of carbonyl (C=O) groups excluding carboxylic acids is 2. The van der Waals surface area contributed by atoms with Gasteiger partial charge in [0, 0.05) is 19.8 Å². The first kappa shape index (κ1) is 15.0. The predicted molar refractivity (Wildman–Crippen MR) is 72.8 cm³/mol. The molecule has 1 atom stereocenters. The van der Waals surface area contributed by atoms with Gasteiger partial charge in [-0.15, -0.1) is 0 Å². The Hall–Kier alpha value is -2.08. The van der Waals surface area contributed by atoms with E-state index in [4.69, 9.17) is 0 Å². The van der Waals surface area contributed by atoms with Crippen molar-refractivity contribution in [2.24, 2.45) is 0 Å². The molecule has 6 nitrogen and oxygen atoms in total. The molecular weight excluding hydrogens is 246 g/mol. The minimum absolute atomic E-state index is 0.00586. The van der Waals surface area contributed by atoms with Gasteiger partial charge >= 0.3 is 6.03 Å². The van der Waals surface area contributed by atoms with E-state index in [2.05, 4.69) is 10.6 Å². The Morgan fingerprint density at radius 3 is 2.37 bits per heavy atom. The van der Waals surface area contributed by atoms with Crippen molar-refractivity contribution in [1.82, 2.24) is 10.2 Å². The van der Waals surface area contributed by atoms with E-state index in [-0.39, 0.29) is 18.5 Å². The van der Waals surface area contributed by atoms with Gasteiger partial charge in [-0.1, -0.05) is 12.1 Å². The van der Waals surface area contributed by atoms with Crippen LogP contribution in [0.15, 0.2) is 24.3 Å². The predicted octanol–water partition coefficient (Wildman–Crippen LogP) is 0.950. The molecule has 1 unspecified atom stereocenters. The smallest absolute Gasteiger partial charge is 0.322 e. The summed E-state index contributed by atoms with van der Waals surface area (Å²) in [6.45, 7) is 1.67. The summed E-state index contributed by atoms with van der Waals surface area (Å²) in [5.41, 5.74) is 1.38. The molecule has 0 heterocycles. The third-order valence-electron chi connectivity index (χ3n) is 2.65. The molecule has 0 bridgehead atoms. The second-order valence-electron chi connectivity index (χ2n) is 4.26. The number of nitrogens with zero attached hydrogens (tertiary/aromatic N) is 1. The minimum atomic E-state index is -0.541. The van der Waals surface area contributed by atoms with E-state index in [1.165, 1.54) is 19.0 Å². The second-order valence-corrected chi connectivity index (χ2v) is 4.26. The minimum Gasteiger partial charge on any atom is -0.389 e. The summed E-state index contributed by atoms with van der Waals surface area (Å²) < 4.78 is 0. The molecule has 1 aromatic carbocycles. The lowest BCUT2D eigenvalue weighted by atomic mass is 10.1. The van der Waals surface area contributed by atoms with Crippen molar-refractivity contribution in [3.63, 3.8) is 0 Å². The zero-order valence-corrected chi connectivity index (χ0v) is 11.3. The van der Waals surface area contributed by atoms with Crippen molar-refractivity contribution in [3.8, 4) is 0 Å². The summed E-state index contributed by atoms with van der Waals surface area (Å²) in [5.74, 6) is -0.234. The summed E-state index contributed by atoms with van der Waals surface area (Å²) in [4.78, 5) is 24.2. The van der Waals surface area contributed by atoms with Crippen molar-refractivity contribution < 1.29 is 14.7 Å². The van der Waals surface area contributed by atoms with Crippen LogP contribution in [0.1, 0.15) is 18.6 Å². The van der Waals surface area contributed by atoms with Crippen molar-refractivity contribution in [3.05, 3.63) is 29.8 Å². The third kappa shape index (κ3) is 4.59. The van der Waals surface area contributed by atoms with Gasteiger partial charge in [0.05, 0.1) is 6.10 Å². The highest BCUT2D eigenvalue weighted by molar-refractivity contribution is 5.92. The molecule has 0 aliphatic heterocycles. The number of anilines is 1. The molecule has 0 aliphatic rings. The van der Waals surface area contributed by atoms with Crippen LogP contribution < -0.4 is 10.6 Å². The number of aliphatic hydroxyl groups is 1. The largest absolute Gasteiger partial charge is 0.389 e. The summed E-state index contributed by atoms with van der Waals surface area (Å²) in [5, 5.41) is 14.5. The molecule has 1 rings (SSSR count). The standard InChI is InChI=1S/C13H19N3O3/c1-9(17)10-4-6-11(7-5-10)15-13(19)16(3)8-12(18)14-2/h4-7,9,17H,8H2,1-3H3,(H,14,18)(H,15,19). The van der Waals surface area contributed by atoms with Crippen LogP contribution in [-0.4, -0.2) is 42.6 Å². The molecule has 0 saturated heterocycles. The van der Waals surface area contributed by atoms with Gasteiger partial charge in [0.1, 0.15) is 6.54 Å². The number of benzene rings is 1. The fraction of sp³-hybridized carbons (Fsp3) is 0.385. The Kier molecular flexibility index (Phi) is 5.32. The molecule has 6 heteroatoms. The Morgan fingerprint density at radius 1 is 1.32 bits per heavy atom. The molecule has 0 radical (unpaired) electrons. The second kappa shape index (κ2) is 6.75. The number of rotatable bonds is 4. The van der Waals surface area contributed by atoms with Crippen molar-refractivity contribution in [2.45, 2.75) is 13.0 Å². The highest BCUT2D eigenvalue weighted by Crippen LogP contribution is 2.15. The number of likely N-dealkylation sites (N-methyl/N-ethyl adjacent to an activating group) is 2. The van der Waals surface area contributed by atoms with Crippen LogP contribution in [0, 0.1) is 0 Å². The van der Waals surface area contributed by atoms with Gasteiger partial charge in [0.2, 0.25) is 5.91 Å². The quantitative estimate of drug-likeness (QED) is 0.758. The van der Waals surface area contributed by atoms with Crippen LogP contribution in [0.25, 0.3) is 0 Å². The summed E-state index contributed by atoms with van der Waals surface area (Å²) >= 11 is 0. The van der Waals surface area contributed by atoms with Crippen LogP contribution in [0.4, 0.5) is 10.5 Å². The Morgan fingerprint density at radius 2 is 1.89 bits per heavy atom. The molecule has 0 spiro atoms. The molecule has 19 heavy (non-hydrogen) atoms. The first-order chi connectivity index (χ1) is 8.93. The normalized spacial score (nSPS) is 11.6. The number of nitrogens with one attached hydrogen (secondary N) is 2. The lowest BCUT2D eigenvalue weighted by Gasteiger charge is -2.17. The van der Waals surface area contributed by atoms with Gasteiger partial charge < -0.3 is 20.6 Å². The molecule has 1 aromatic rings. The van der Waals surface area contributed by atoms with Crippen LogP contribution >= 0.6 is 0 Å². The van der Waals surface area contributed by atoms with Gasteiger partial charge in [-0.25, -0.2) is 4.79 Å². The van der Waals surface area contributed by atoms with Crippen LogP contribution in [-0.2, 0) is 4.79 Å². The topological polar surface area (TPSA) is 81.7 Å². The highest BCUT2D eigenvalue weighted by atomic mass is 16.3. The van der Waals surface area contributed by atoms with Crippen LogP contribution in [0.2, 0.25) is 0 Å². The molecule has 0 fully saturated rings. The van der Waals surface area contributed by atoms with Gasteiger partial charge in [0.15, 0.2) is 0 Å². The number of hydrogen-bond donors (Lipinski definition) is 3. The average molecular weight is 265 g/mol. The number of aliphatic hydroxyl groups excluding tert-OH is 1. The Balaban J connectivity index is 2.59. The van der Waals surface area contributed by atoms with Crippen LogP contribution in [0.5, 0.6) is 0 Å². The molecule has 104 valence electrons. The van der Waals surface area contributed by atoms with Crippen LogP contribution in [0.3, 0.4) is 0 Å². The van der Waals surface area contributed by atoms with Gasteiger partial charge in [-0.05, 0) is 24.6 Å². The maximum Gasteiger partial charge on any atom is 0.322 e. The van der Waals surface area contributed by atoms with Crippen molar-refractivity contribution in [1.29, 1.82) is 0 Å². The monoisotopic (exact) mass is 265 g/mol. The van der Waals surface area contributed by atoms with E-state index in [9.17, 15) is 14.7 Å². The van der Waals surface area contributed by atoms with E-state index in [1.54, 1.807) is 31.2 Å². The lowest BCUT2D eigenvalue weighted by molar-refractivity contribution is -0.120. The van der Waals surface area contributed by atoms with Gasteiger partial charge in [-0.2, -0.15) is 0 Å². The molecule has 3 N–H and O–H groups in total. The zero-order valence-electron chi connectivity index (χ0n) is 11.3. The first-order valence-electron chi connectivity index (χ1n) is 5.94.